The maximum absolute atomic E-state index is 12.4. The first-order valence-corrected chi connectivity index (χ1v) is 16.0. The molecule has 2 bridgehead atoms. The molecule has 10 heteroatoms. The fourth-order valence-corrected chi connectivity index (χ4v) is 8.20. The molecule has 2 N–H and O–H groups in total. The number of nitrogens with zero attached hydrogens (tertiary/aromatic N) is 4. The Morgan fingerprint density at radius 1 is 0.854 bits per heavy atom. The van der Waals surface area contributed by atoms with Crippen molar-refractivity contribution in [3.8, 4) is 0 Å². The molecule has 2 amide bonds. The van der Waals surface area contributed by atoms with Crippen LogP contribution in [0.3, 0.4) is 0 Å². The highest BCUT2D eigenvalue weighted by molar-refractivity contribution is 5.67. The first kappa shape index (κ1) is 28.1. The zero-order valence-corrected chi connectivity index (χ0v) is 24.3. The van der Waals surface area contributed by atoms with Gasteiger partial charge in [-0.25, -0.2) is 19.6 Å². The Hall–Kier alpha value is -3.04. The normalized spacial score (nSPS) is 28.1. The van der Waals surface area contributed by atoms with Gasteiger partial charge in [-0.05, 0) is 62.2 Å². The van der Waals surface area contributed by atoms with E-state index in [-0.39, 0.29) is 24.4 Å². The zero-order valence-electron chi connectivity index (χ0n) is 24.3. The molecule has 0 radical (unpaired) electrons. The number of amides is 2. The maximum atomic E-state index is 12.4. The van der Waals surface area contributed by atoms with E-state index in [1.54, 1.807) is 12.4 Å². The number of hydrogen-bond donors (Lipinski definition) is 2. The Bertz CT molecular complexity index is 1180. The molecule has 4 heterocycles. The van der Waals surface area contributed by atoms with Crippen molar-refractivity contribution in [1.29, 1.82) is 0 Å². The maximum Gasteiger partial charge on any atom is 0.407 e. The van der Waals surface area contributed by atoms with Crippen LogP contribution in [-0.4, -0.2) is 44.4 Å². The van der Waals surface area contributed by atoms with E-state index in [4.69, 9.17) is 9.47 Å². The SMILES string of the molecule is O=C(NCCCCCC1CC2CCCC(CCCNC(=O)O[C@@H]3CCn4ccnc43)(C1)C2)O[C@@H]1CCn2ccnc21. The monoisotopic (exact) mass is 566 g/mol. The van der Waals surface area contributed by atoms with Crippen LogP contribution in [0.2, 0.25) is 0 Å². The third kappa shape index (κ3) is 6.89. The number of alkyl carbamates (subject to hydrolysis) is 2. The number of hydrogen-bond acceptors (Lipinski definition) is 6. The molecule has 2 aromatic rings. The Morgan fingerprint density at radius 3 is 2.20 bits per heavy atom. The molecule has 0 spiro atoms. The molecular weight excluding hydrogens is 520 g/mol. The second-order valence-corrected chi connectivity index (χ2v) is 12.9. The van der Waals surface area contributed by atoms with Crippen LogP contribution in [0.5, 0.6) is 0 Å². The van der Waals surface area contributed by atoms with Gasteiger partial charge in [0.15, 0.2) is 12.2 Å². The van der Waals surface area contributed by atoms with E-state index >= 15 is 0 Å². The molecule has 3 unspecified atom stereocenters. The molecule has 4 aliphatic rings. The number of carbonyl (C=O) groups excluding carboxylic acids is 2. The Morgan fingerprint density at radius 2 is 1.51 bits per heavy atom. The summed E-state index contributed by atoms with van der Waals surface area (Å²) in [5, 5.41) is 5.93. The predicted molar refractivity (Wildman–Crippen MR) is 153 cm³/mol. The Balaban J connectivity index is 0.849. The van der Waals surface area contributed by atoms with Crippen molar-refractivity contribution < 1.29 is 19.1 Å². The number of fused-ring (bicyclic) bond motifs is 4. The molecular formula is C31H46N6O4. The predicted octanol–water partition coefficient (Wildman–Crippen LogP) is 6.05. The van der Waals surface area contributed by atoms with Gasteiger partial charge in [0.2, 0.25) is 0 Å². The lowest BCUT2D eigenvalue weighted by atomic mass is 9.57. The second-order valence-electron chi connectivity index (χ2n) is 12.9. The third-order valence-corrected chi connectivity index (χ3v) is 9.98. The lowest BCUT2D eigenvalue weighted by Gasteiger charge is -2.49. The molecule has 2 fully saturated rings. The molecule has 224 valence electrons. The van der Waals surface area contributed by atoms with Crippen molar-refractivity contribution in [1.82, 2.24) is 29.7 Å². The van der Waals surface area contributed by atoms with E-state index in [2.05, 4.69) is 25.2 Å². The van der Waals surface area contributed by atoms with Crippen LogP contribution < -0.4 is 10.6 Å². The summed E-state index contributed by atoms with van der Waals surface area (Å²) >= 11 is 0. The molecule has 5 atom stereocenters. The van der Waals surface area contributed by atoms with E-state index in [1.807, 2.05) is 17.0 Å². The molecule has 2 aromatic heterocycles. The van der Waals surface area contributed by atoms with Gasteiger partial charge in [-0.2, -0.15) is 0 Å². The van der Waals surface area contributed by atoms with Gasteiger partial charge in [0.1, 0.15) is 11.6 Å². The lowest BCUT2D eigenvalue weighted by molar-refractivity contribution is 0.0267. The number of imidazole rings is 2. The molecule has 6 rings (SSSR count). The summed E-state index contributed by atoms with van der Waals surface area (Å²) in [5.41, 5.74) is 0.452. The Kier molecular flexibility index (Phi) is 8.81. The van der Waals surface area contributed by atoms with Crippen LogP contribution in [0.25, 0.3) is 0 Å². The Labute approximate surface area is 243 Å². The second kappa shape index (κ2) is 12.9. The number of aryl methyl sites for hydroxylation is 2. The van der Waals surface area contributed by atoms with Gasteiger partial charge in [0.05, 0.1) is 0 Å². The molecule has 2 aliphatic heterocycles. The number of nitrogens with one attached hydrogen (secondary N) is 2. The number of carbonyl (C=O) groups is 2. The minimum Gasteiger partial charge on any atom is -0.438 e. The molecule has 0 aromatic carbocycles. The van der Waals surface area contributed by atoms with Gasteiger partial charge in [-0.15, -0.1) is 0 Å². The van der Waals surface area contributed by atoms with Crippen LogP contribution in [0.15, 0.2) is 24.8 Å². The van der Waals surface area contributed by atoms with Gasteiger partial charge in [0.25, 0.3) is 0 Å². The molecule has 2 saturated carbocycles. The van der Waals surface area contributed by atoms with Gasteiger partial charge < -0.3 is 29.2 Å². The zero-order chi connectivity index (χ0) is 28.1. The molecule has 2 aliphatic carbocycles. The summed E-state index contributed by atoms with van der Waals surface area (Å²) in [7, 11) is 0. The van der Waals surface area contributed by atoms with Crippen molar-refractivity contribution in [3.63, 3.8) is 0 Å². The van der Waals surface area contributed by atoms with Crippen molar-refractivity contribution >= 4 is 12.2 Å². The van der Waals surface area contributed by atoms with Gasteiger partial charge >= 0.3 is 12.2 Å². The fraction of sp³-hybridized carbons (Fsp3) is 0.742. The molecule has 0 saturated heterocycles. The molecule has 10 nitrogen and oxygen atoms in total. The summed E-state index contributed by atoms with van der Waals surface area (Å²) in [4.78, 5) is 33.2. The van der Waals surface area contributed by atoms with Crippen LogP contribution >= 0.6 is 0 Å². The van der Waals surface area contributed by atoms with Crippen molar-refractivity contribution in [3.05, 3.63) is 36.4 Å². The topological polar surface area (TPSA) is 112 Å². The first-order valence-electron chi connectivity index (χ1n) is 16.0. The summed E-state index contributed by atoms with van der Waals surface area (Å²) in [6.45, 7) is 3.06. The van der Waals surface area contributed by atoms with E-state index in [0.29, 0.717) is 18.5 Å². The minimum absolute atomic E-state index is 0.226. The minimum atomic E-state index is -0.332. The van der Waals surface area contributed by atoms with Crippen LogP contribution in [0, 0.1) is 17.3 Å². The van der Waals surface area contributed by atoms with E-state index in [9.17, 15) is 9.59 Å². The van der Waals surface area contributed by atoms with Crippen LogP contribution in [0.1, 0.15) is 114 Å². The fourth-order valence-electron chi connectivity index (χ4n) is 8.20. The average Bonchev–Trinajstić information content (AvgIpc) is 3.74. The molecule has 41 heavy (non-hydrogen) atoms. The van der Waals surface area contributed by atoms with Crippen molar-refractivity contribution in [2.75, 3.05) is 13.1 Å². The van der Waals surface area contributed by atoms with E-state index in [0.717, 1.165) is 68.7 Å². The van der Waals surface area contributed by atoms with Gasteiger partial charge in [0, 0.05) is 63.8 Å². The van der Waals surface area contributed by atoms with E-state index < -0.39 is 0 Å². The third-order valence-electron chi connectivity index (χ3n) is 9.98. The van der Waals surface area contributed by atoms with E-state index in [1.165, 1.54) is 57.8 Å². The average molecular weight is 567 g/mol. The number of rotatable bonds is 12. The van der Waals surface area contributed by atoms with Crippen molar-refractivity contribution in [2.45, 2.75) is 115 Å². The lowest BCUT2D eigenvalue weighted by Crippen LogP contribution is -2.37. The summed E-state index contributed by atoms with van der Waals surface area (Å²) in [5.74, 6) is 3.38. The smallest absolute Gasteiger partial charge is 0.407 e. The first-order chi connectivity index (χ1) is 20.1. The van der Waals surface area contributed by atoms with Gasteiger partial charge in [-0.3, -0.25) is 0 Å². The van der Waals surface area contributed by atoms with Crippen LogP contribution in [0.4, 0.5) is 9.59 Å². The summed E-state index contributed by atoms with van der Waals surface area (Å²) < 4.78 is 15.3. The number of unbranched alkanes of at least 4 members (excludes halogenated alkanes) is 2. The number of ether oxygens (including phenoxy) is 2. The summed E-state index contributed by atoms with van der Waals surface area (Å²) in [6.07, 6.45) is 22.9. The highest BCUT2D eigenvalue weighted by Gasteiger charge is 2.42. The van der Waals surface area contributed by atoms with Gasteiger partial charge in [-0.1, -0.05) is 32.1 Å². The highest BCUT2D eigenvalue weighted by atomic mass is 16.6. The van der Waals surface area contributed by atoms with Crippen molar-refractivity contribution in [2.24, 2.45) is 17.3 Å². The number of aromatic nitrogens is 4. The summed E-state index contributed by atoms with van der Waals surface area (Å²) in [6, 6.07) is 0. The van der Waals surface area contributed by atoms with Crippen LogP contribution in [-0.2, 0) is 22.6 Å². The standard InChI is InChI=1S/C31H46N6O4/c38-29(40-25-8-16-36-18-14-32-27(25)36)34-12-3-1-2-6-23-20-24-7-4-10-31(21-23,22-24)11-5-13-35-30(39)41-26-9-17-37-19-15-33-28(26)37/h14-15,18-19,23-26H,1-13,16-17,20-22H2,(H,34,38)(H,35,39)/t23?,24?,25-,26-,31?/m1/s1. The highest BCUT2D eigenvalue weighted by Crippen LogP contribution is 2.54. The largest absolute Gasteiger partial charge is 0.438 e. The quantitative estimate of drug-likeness (QED) is 0.303.